The molecule has 2 rings (SSSR count). The van der Waals surface area contributed by atoms with Crippen molar-refractivity contribution in [1.29, 1.82) is 0 Å². The quantitative estimate of drug-likeness (QED) is 0.580. The number of ketones is 1. The van der Waals surface area contributed by atoms with Crippen LogP contribution in [-0.4, -0.2) is 5.78 Å². The second-order valence-corrected chi connectivity index (χ2v) is 6.18. The minimum atomic E-state index is -0.547. The highest BCUT2D eigenvalue weighted by atomic mass is 79.9. The summed E-state index contributed by atoms with van der Waals surface area (Å²) in [6.07, 6.45) is 0. The first-order chi connectivity index (χ1) is 8.50. The lowest BCUT2D eigenvalue weighted by atomic mass is 10.0. The van der Waals surface area contributed by atoms with E-state index in [0.717, 1.165) is 4.47 Å². The Bertz CT molecular complexity index is 622. The first-order valence-corrected chi connectivity index (χ1v) is 7.32. The molecule has 0 radical (unpaired) electrons. The van der Waals surface area contributed by atoms with Crippen molar-refractivity contribution in [3.63, 3.8) is 0 Å². The van der Waals surface area contributed by atoms with E-state index in [9.17, 15) is 9.18 Å². The van der Waals surface area contributed by atoms with Crippen LogP contribution in [0.2, 0.25) is 0 Å². The maximum Gasteiger partial charge on any atom is 0.197 e. The smallest absolute Gasteiger partial charge is 0.197 e. The van der Waals surface area contributed by atoms with E-state index in [1.165, 1.54) is 6.07 Å². The maximum absolute atomic E-state index is 13.9. The van der Waals surface area contributed by atoms with Crippen molar-refractivity contribution >= 4 is 53.6 Å². The van der Waals surface area contributed by atoms with Crippen LogP contribution in [0.1, 0.15) is 15.9 Å². The zero-order chi connectivity index (χ0) is 13.3. The molecule has 0 unspecified atom stereocenters. The lowest BCUT2D eigenvalue weighted by molar-refractivity contribution is 0.103. The van der Waals surface area contributed by atoms with Crippen LogP contribution >= 0.6 is 47.8 Å². The molecule has 2 aromatic carbocycles. The predicted molar refractivity (Wildman–Crippen MR) is 79.4 cm³/mol. The van der Waals surface area contributed by atoms with E-state index in [2.05, 4.69) is 47.8 Å². The molecule has 0 fully saturated rings. The standard InChI is InChI=1S/C13H6Br3FO/c14-7-4-5-10(15)9(6-7)13(18)8-2-1-3-11(16)12(8)17/h1-6H. The fourth-order valence-electron chi connectivity index (χ4n) is 1.50. The van der Waals surface area contributed by atoms with E-state index in [1.54, 1.807) is 30.3 Å². The van der Waals surface area contributed by atoms with Gasteiger partial charge in [0.1, 0.15) is 5.82 Å². The molecule has 0 bridgehead atoms. The Morgan fingerprint density at radius 1 is 0.944 bits per heavy atom. The maximum atomic E-state index is 13.9. The van der Waals surface area contributed by atoms with Crippen LogP contribution in [-0.2, 0) is 0 Å². The van der Waals surface area contributed by atoms with Crippen LogP contribution < -0.4 is 0 Å². The summed E-state index contributed by atoms with van der Waals surface area (Å²) in [7, 11) is 0. The third-order valence-electron chi connectivity index (χ3n) is 2.37. The van der Waals surface area contributed by atoms with Gasteiger partial charge in [0, 0.05) is 14.5 Å². The van der Waals surface area contributed by atoms with Crippen LogP contribution in [0.5, 0.6) is 0 Å². The average molecular weight is 437 g/mol. The molecule has 5 heteroatoms. The molecular formula is C13H6Br3FO. The molecule has 2 aromatic rings. The Kier molecular flexibility index (Phi) is 4.35. The molecule has 0 aliphatic carbocycles. The minimum absolute atomic E-state index is 0.0446. The molecule has 0 N–H and O–H groups in total. The van der Waals surface area contributed by atoms with Gasteiger partial charge in [-0.25, -0.2) is 4.39 Å². The molecule has 92 valence electrons. The summed E-state index contributed by atoms with van der Waals surface area (Å²) in [4.78, 5) is 12.3. The topological polar surface area (TPSA) is 17.1 Å². The van der Waals surface area contributed by atoms with Crippen molar-refractivity contribution in [2.45, 2.75) is 0 Å². The first-order valence-electron chi connectivity index (χ1n) is 4.94. The third-order valence-corrected chi connectivity index (χ3v) is 4.17. The van der Waals surface area contributed by atoms with Gasteiger partial charge < -0.3 is 0 Å². The molecule has 0 atom stereocenters. The monoisotopic (exact) mass is 434 g/mol. The third kappa shape index (κ3) is 2.73. The second kappa shape index (κ2) is 5.63. The fourth-order valence-corrected chi connectivity index (χ4v) is 2.65. The molecule has 0 heterocycles. The van der Waals surface area contributed by atoms with Gasteiger partial charge in [0.2, 0.25) is 0 Å². The summed E-state index contributed by atoms with van der Waals surface area (Å²) >= 11 is 9.66. The normalized spacial score (nSPS) is 10.4. The number of hydrogen-bond donors (Lipinski definition) is 0. The minimum Gasteiger partial charge on any atom is -0.288 e. The van der Waals surface area contributed by atoms with Crippen molar-refractivity contribution in [3.05, 3.63) is 66.8 Å². The lowest BCUT2D eigenvalue weighted by Crippen LogP contribution is -2.05. The van der Waals surface area contributed by atoms with Gasteiger partial charge in [-0.2, -0.15) is 0 Å². The van der Waals surface area contributed by atoms with Crippen molar-refractivity contribution in [2.75, 3.05) is 0 Å². The lowest BCUT2D eigenvalue weighted by Gasteiger charge is -2.06. The summed E-state index contributed by atoms with van der Waals surface area (Å²) < 4.78 is 15.6. The summed E-state index contributed by atoms with van der Waals surface area (Å²) in [5, 5.41) is 0. The number of benzene rings is 2. The number of rotatable bonds is 2. The second-order valence-electron chi connectivity index (χ2n) is 3.55. The van der Waals surface area contributed by atoms with Gasteiger partial charge in [0.05, 0.1) is 10.0 Å². The Morgan fingerprint density at radius 2 is 1.67 bits per heavy atom. The number of hydrogen-bond acceptors (Lipinski definition) is 1. The highest BCUT2D eigenvalue weighted by Crippen LogP contribution is 2.26. The zero-order valence-electron chi connectivity index (χ0n) is 8.88. The molecule has 18 heavy (non-hydrogen) atoms. The summed E-state index contributed by atoms with van der Waals surface area (Å²) in [5.41, 5.74) is 0.463. The highest BCUT2D eigenvalue weighted by Gasteiger charge is 2.18. The van der Waals surface area contributed by atoms with Crippen LogP contribution in [0.25, 0.3) is 0 Å². The van der Waals surface area contributed by atoms with Gasteiger partial charge in [-0.15, -0.1) is 0 Å². The van der Waals surface area contributed by atoms with Crippen LogP contribution in [0.3, 0.4) is 0 Å². The predicted octanol–water partition coefficient (Wildman–Crippen LogP) is 5.34. The van der Waals surface area contributed by atoms with E-state index in [0.29, 0.717) is 10.0 Å². The average Bonchev–Trinajstić information content (AvgIpc) is 2.35. The van der Waals surface area contributed by atoms with E-state index >= 15 is 0 Å². The Hall–Kier alpha value is -0.520. The first kappa shape index (κ1) is 13.9. The molecular weight excluding hydrogens is 431 g/mol. The molecule has 0 aromatic heterocycles. The number of halogens is 4. The Labute approximate surface area is 129 Å². The fraction of sp³-hybridized carbons (Fsp3) is 0. The van der Waals surface area contributed by atoms with Crippen molar-refractivity contribution in [2.24, 2.45) is 0 Å². The Balaban J connectivity index is 2.55. The van der Waals surface area contributed by atoms with Gasteiger partial charge in [0.25, 0.3) is 0 Å². The SMILES string of the molecule is O=C(c1cc(Br)ccc1Br)c1cccc(Br)c1F. The van der Waals surface area contributed by atoms with Crippen molar-refractivity contribution in [3.8, 4) is 0 Å². The molecule has 1 nitrogen and oxygen atoms in total. The van der Waals surface area contributed by atoms with Crippen LogP contribution in [0.4, 0.5) is 4.39 Å². The van der Waals surface area contributed by atoms with Crippen LogP contribution in [0.15, 0.2) is 49.8 Å². The van der Waals surface area contributed by atoms with E-state index < -0.39 is 5.82 Å². The van der Waals surface area contributed by atoms with Crippen molar-refractivity contribution in [1.82, 2.24) is 0 Å². The van der Waals surface area contributed by atoms with Gasteiger partial charge in [-0.1, -0.05) is 37.9 Å². The van der Waals surface area contributed by atoms with Gasteiger partial charge in [-0.05, 0) is 46.3 Å². The van der Waals surface area contributed by atoms with Gasteiger partial charge in [0.15, 0.2) is 5.78 Å². The molecule has 0 amide bonds. The number of carbonyl (C=O) groups excluding carboxylic acids is 1. The van der Waals surface area contributed by atoms with Crippen molar-refractivity contribution < 1.29 is 9.18 Å². The zero-order valence-corrected chi connectivity index (χ0v) is 13.6. The summed E-state index contributed by atoms with van der Waals surface area (Å²) in [5.74, 6) is -0.906. The van der Waals surface area contributed by atoms with Gasteiger partial charge >= 0.3 is 0 Å². The molecule has 0 aliphatic heterocycles. The highest BCUT2D eigenvalue weighted by molar-refractivity contribution is 9.11. The molecule has 0 spiro atoms. The number of carbonyl (C=O) groups is 1. The molecule has 0 saturated heterocycles. The van der Waals surface area contributed by atoms with Crippen LogP contribution in [0, 0.1) is 5.82 Å². The largest absolute Gasteiger partial charge is 0.288 e. The van der Waals surface area contributed by atoms with E-state index in [1.807, 2.05) is 0 Å². The molecule has 0 saturated carbocycles. The molecule has 0 aliphatic rings. The summed E-state index contributed by atoms with van der Waals surface area (Å²) in [6, 6.07) is 9.86. The summed E-state index contributed by atoms with van der Waals surface area (Å²) in [6.45, 7) is 0. The van der Waals surface area contributed by atoms with E-state index in [-0.39, 0.29) is 15.8 Å². The van der Waals surface area contributed by atoms with E-state index in [4.69, 9.17) is 0 Å². The van der Waals surface area contributed by atoms with Gasteiger partial charge in [-0.3, -0.25) is 4.79 Å². The Morgan fingerprint density at radius 3 is 2.39 bits per heavy atom.